The summed E-state index contributed by atoms with van der Waals surface area (Å²) in [6.07, 6.45) is 0. The topological polar surface area (TPSA) is 55.1 Å². The molecule has 0 amide bonds. The monoisotopic (exact) mass is 322 g/mol. The third-order valence-corrected chi connectivity index (χ3v) is 4.04. The maximum Gasteiger partial charge on any atom is 0.357 e. The average Bonchev–Trinajstić information content (AvgIpc) is 2.60. The number of halogens is 1. The number of nitrogens with zero attached hydrogens (tertiary/aromatic N) is 2. The van der Waals surface area contributed by atoms with Crippen molar-refractivity contribution in [3.8, 4) is 11.3 Å². The Hall–Kier alpha value is -1.62. The van der Waals surface area contributed by atoms with E-state index in [0.29, 0.717) is 4.47 Å². The molecule has 0 aliphatic rings. The van der Waals surface area contributed by atoms with Gasteiger partial charge in [0.2, 0.25) is 0 Å². The third-order valence-electron chi connectivity index (χ3n) is 3.29. The molecule has 0 aliphatic carbocycles. The van der Waals surface area contributed by atoms with Crippen LogP contribution in [0.25, 0.3) is 11.3 Å². The Balaban J connectivity index is 2.73. The Morgan fingerprint density at radius 2 is 1.79 bits per heavy atom. The summed E-state index contributed by atoms with van der Waals surface area (Å²) >= 11 is 3.35. The van der Waals surface area contributed by atoms with Crippen LogP contribution in [0.5, 0.6) is 0 Å². The molecular weight excluding hydrogens is 308 g/mol. The minimum absolute atomic E-state index is 0.0372. The van der Waals surface area contributed by atoms with Crippen LogP contribution in [-0.4, -0.2) is 20.9 Å². The second kappa shape index (κ2) is 4.81. The summed E-state index contributed by atoms with van der Waals surface area (Å²) in [7, 11) is 1.75. The minimum Gasteiger partial charge on any atom is -0.476 e. The molecule has 0 saturated carbocycles. The molecular formula is C14H15BrN2O2. The van der Waals surface area contributed by atoms with E-state index in [1.54, 1.807) is 11.7 Å². The van der Waals surface area contributed by atoms with Crippen molar-refractivity contribution in [3.63, 3.8) is 0 Å². The normalized spacial score (nSPS) is 10.8. The number of aromatic carboxylic acids is 1. The number of aryl methyl sites for hydroxylation is 4. The maximum atomic E-state index is 11.1. The number of carbonyl (C=O) groups is 1. The highest BCUT2D eigenvalue weighted by Crippen LogP contribution is 2.34. The van der Waals surface area contributed by atoms with E-state index in [2.05, 4.69) is 40.1 Å². The molecule has 0 spiro atoms. The molecule has 0 fully saturated rings. The third kappa shape index (κ3) is 2.30. The Morgan fingerprint density at radius 1 is 1.21 bits per heavy atom. The number of benzene rings is 1. The van der Waals surface area contributed by atoms with Crippen molar-refractivity contribution in [1.82, 2.24) is 9.78 Å². The molecule has 0 aliphatic heterocycles. The fraction of sp³-hybridized carbons (Fsp3) is 0.286. The van der Waals surface area contributed by atoms with Gasteiger partial charge in [-0.25, -0.2) is 4.79 Å². The van der Waals surface area contributed by atoms with Crippen LogP contribution in [0.3, 0.4) is 0 Å². The molecule has 100 valence electrons. The summed E-state index contributed by atoms with van der Waals surface area (Å²) in [6.45, 7) is 6.12. The van der Waals surface area contributed by atoms with Gasteiger partial charge in [-0.05, 0) is 59.5 Å². The SMILES string of the molecule is Cc1cc(C)c(-c2c(Br)c(C(=O)O)nn2C)cc1C. The molecule has 1 N–H and O–H groups in total. The Kier molecular flexibility index (Phi) is 3.49. The number of hydrogen-bond acceptors (Lipinski definition) is 2. The van der Waals surface area contributed by atoms with Gasteiger partial charge in [0, 0.05) is 12.6 Å². The molecule has 1 aromatic carbocycles. The van der Waals surface area contributed by atoms with Crippen LogP contribution in [0.4, 0.5) is 0 Å². The molecule has 0 saturated heterocycles. The zero-order valence-corrected chi connectivity index (χ0v) is 12.9. The number of carboxylic acid groups (broad SMARTS) is 1. The molecule has 19 heavy (non-hydrogen) atoms. The highest BCUT2D eigenvalue weighted by Gasteiger charge is 2.21. The first-order valence-corrected chi connectivity index (χ1v) is 6.66. The van der Waals surface area contributed by atoms with Crippen LogP contribution < -0.4 is 0 Å². The first-order valence-electron chi connectivity index (χ1n) is 5.87. The largest absolute Gasteiger partial charge is 0.476 e. The number of hydrogen-bond donors (Lipinski definition) is 1. The minimum atomic E-state index is -1.03. The van der Waals surface area contributed by atoms with Gasteiger partial charge in [-0.3, -0.25) is 4.68 Å². The van der Waals surface area contributed by atoms with Gasteiger partial charge in [-0.15, -0.1) is 0 Å². The van der Waals surface area contributed by atoms with Crippen LogP contribution >= 0.6 is 15.9 Å². The number of aromatic nitrogens is 2. The van der Waals surface area contributed by atoms with Gasteiger partial charge in [0.05, 0.1) is 10.2 Å². The van der Waals surface area contributed by atoms with E-state index in [0.717, 1.165) is 16.8 Å². The second-order valence-electron chi connectivity index (χ2n) is 4.69. The molecule has 2 aromatic rings. The summed E-state index contributed by atoms with van der Waals surface area (Å²) in [5, 5.41) is 13.2. The van der Waals surface area contributed by atoms with Crippen molar-refractivity contribution < 1.29 is 9.90 Å². The summed E-state index contributed by atoms with van der Waals surface area (Å²) < 4.78 is 2.12. The van der Waals surface area contributed by atoms with Crippen molar-refractivity contribution in [2.45, 2.75) is 20.8 Å². The average molecular weight is 323 g/mol. The standard InChI is InChI=1S/C14H15BrN2O2/c1-7-5-9(3)10(6-8(7)2)13-11(15)12(14(18)19)16-17(13)4/h5-6H,1-4H3,(H,18,19). The summed E-state index contributed by atoms with van der Waals surface area (Å²) in [4.78, 5) is 11.1. The van der Waals surface area contributed by atoms with Crippen LogP contribution in [-0.2, 0) is 7.05 Å². The van der Waals surface area contributed by atoms with Gasteiger partial charge >= 0.3 is 5.97 Å². The first-order chi connectivity index (χ1) is 8.82. The number of carboxylic acids is 1. The fourth-order valence-corrected chi connectivity index (χ4v) is 2.86. The predicted molar refractivity (Wildman–Crippen MR) is 77.5 cm³/mol. The molecule has 0 atom stereocenters. The van der Waals surface area contributed by atoms with Gasteiger partial charge in [0.25, 0.3) is 0 Å². The zero-order valence-electron chi connectivity index (χ0n) is 11.3. The highest BCUT2D eigenvalue weighted by molar-refractivity contribution is 9.10. The lowest BCUT2D eigenvalue weighted by atomic mass is 9.98. The van der Waals surface area contributed by atoms with Gasteiger partial charge in [0.1, 0.15) is 0 Å². The molecule has 2 rings (SSSR count). The van der Waals surface area contributed by atoms with E-state index in [-0.39, 0.29) is 5.69 Å². The molecule has 5 heteroatoms. The lowest BCUT2D eigenvalue weighted by molar-refractivity contribution is 0.0688. The predicted octanol–water partition coefficient (Wildman–Crippen LogP) is 3.47. The smallest absolute Gasteiger partial charge is 0.357 e. The van der Waals surface area contributed by atoms with E-state index in [4.69, 9.17) is 5.11 Å². The molecule has 0 bridgehead atoms. The summed E-state index contributed by atoms with van der Waals surface area (Å²) in [5.41, 5.74) is 5.32. The molecule has 0 unspecified atom stereocenters. The Labute approximate surface area is 120 Å². The van der Waals surface area contributed by atoms with Gasteiger partial charge in [-0.1, -0.05) is 6.07 Å². The van der Waals surface area contributed by atoms with Crippen molar-refractivity contribution in [2.24, 2.45) is 7.05 Å². The van der Waals surface area contributed by atoms with Crippen molar-refractivity contribution in [1.29, 1.82) is 0 Å². The van der Waals surface area contributed by atoms with Gasteiger partial charge in [0.15, 0.2) is 5.69 Å². The van der Waals surface area contributed by atoms with Crippen LogP contribution in [0.1, 0.15) is 27.2 Å². The Bertz CT molecular complexity index is 675. The quantitative estimate of drug-likeness (QED) is 0.921. The van der Waals surface area contributed by atoms with Crippen molar-refractivity contribution in [3.05, 3.63) is 39.0 Å². The van der Waals surface area contributed by atoms with Crippen molar-refractivity contribution in [2.75, 3.05) is 0 Å². The molecule has 4 nitrogen and oxygen atoms in total. The van der Waals surface area contributed by atoms with E-state index in [1.807, 2.05) is 13.8 Å². The molecule has 1 heterocycles. The summed E-state index contributed by atoms with van der Waals surface area (Å²) in [5.74, 6) is -1.03. The summed E-state index contributed by atoms with van der Waals surface area (Å²) in [6, 6.07) is 4.17. The zero-order chi connectivity index (χ0) is 14.3. The highest BCUT2D eigenvalue weighted by atomic mass is 79.9. The first kappa shape index (κ1) is 13.8. The second-order valence-corrected chi connectivity index (χ2v) is 5.48. The lowest BCUT2D eigenvalue weighted by Crippen LogP contribution is -2.00. The van der Waals surface area contributed by atoms with Gasteiger partial charge in [-0.2, -0.15) is 5.10 Å². The van der Waals surface area contributed by atoms with Crippen LogP contribution in [0.2, 0.25) is 0 Å². The Morgan fingerprint density at radius 3 is 2.32 bits per heavy atom. The van der Waals surface area contributed by atoms with Crippen LogP contribution in [0.15, 0.2) is 16.6 Å². The maximum absolute atomic E-state index is 11.1. The fourth-order valence-electron chi connectivity index (χ4n) is 2.14. The van der Waals surface area contributed by atoms with Gasteiger partial charge < -0.3 is 5.11 Å². The lowest BCUT2D eigenvalue weighted by Gasteiger charge is -2.10. The van der Waals surface area contributed by atoms with Crippen molar-refractivity contribution >= 4 is 21.9 Å². The molecule has 1 aromatic heterocycles. The number of rotatable bonds is 2. The van der Waals surface area contributed by atoms with Crippen LogP contribution in [0, 0.1) is 20.8 Å². The van der Waals surface area contributed by atoms with E-state index >= 15 is 0 Å². The van der Waals surface area contributed by atoms with E-state index in [9.17, 15) is 4.79 Å². The molecule has 0 radical (unpaired) electrons. The van der Waals surface area contributed by atoms with E-state index < -0.39 is 5.97 Å². The van der Waals surface area contributed by atoms with E-state index in [1.165, 1.54) is 11.1 Å².